The minimum atomic E-state index is -0.327. The van der Waals surface area contributed by atoms with Crippen molar-refractivity contribution < 1.29 is 14.1 Å². The van der Waals surface area contributed by atoms with Crippen LogP contribution in [-0.2, 0) is 16.8 Å². The number of hydrogen-bond donors (Lipinski definition) is 1. The first-order valence-corrected chi connectivity index (χ1v) is 11.0. The quantitative estimate of drug-likeness (QED) is 0.674. The maximum atomic E-state index is 13.0. The van der Waals surface area contributed by atoms with E-state index in [-0.39, 0.29) is 11.5 Å². The van der Waals surface area contributed by atoms with Gasteiger partial charge in [-0.3, -0.25) is 4.79 Å². The van der Waals surface area contributed by atoms with Crippen LogP contribution in [-0.4, -0.2) is 40.6 Å². The van der Waals surface area contributed by atoms with Gasteiger partial charge in [-0.15, -0.1) is 11.3 Å². The van der Waals surface area contributed by atoms with Gasteiger partial charge in [0.05, 0.1) is 22.9 Å². The van der Waals surface area contributed by atoms with Crippen LogP contribution in [0.5, 0.6) is 0 Å². The van der Waals surface area contributed by atoms with E-state index in [0.29, 0.717) is 42.5 Å². The number of ether oxygens (including phenoxy) is 1. The van der Waals surface area contributed by atoms with Gasteiger partial charge in [-0.1, -0.05) is 11.2 Å². The fourth-order valence-electron chi connectivity index (χ4n) is 4.53. The zero-order chi connectivity index (χ0) is 20.9. The fourth-order valence-corrected chi connectivity index (χ4v) is 5.91. The minimum absolute atomic E-state index is 0.00652. The van der Waals surface area contributed by atoms with Gasteiger partial charge in [0.1, 0.15) is 22.7 Å². The average molecular weight is 425 g/mol. The number of fused-ring (bicyclic) bond motifs is 2. The number of nitrogen functional groups attached to an aromatic ring is 1. The molecule has 0 aliphatic carbocycles. The van der Waals surface area contributed by atoms with E-state index in [1.54, 1.807) is 24.3 Å². The molecule has 1 fully saturated rings. The molecule has 2 aliphatic heterocycles. The van der Waals surface area contributed by atoms with Crippen molar-refractivity contribution in [1.82, 2.24) is 15.0 Å². The summed E-state index contributed by atoms with van der Waals surface area (Å²) in [5, 5.41) is 3.92. The summed E-state index contributed by atoms with van der Waals surface area (Å²) in [6.07, 6.45) is 2.45. The lowest BCUT2D eigenvalue weighted by molar-refractivity contribution is -0.0906. The number of piperidine rings is 1. The SMILES string of the molecule is Cc1noc(C)c1C(=O)N1CCC2(CC1)OCCc1cc(-c3cccc(N)n3)sc12. The fraction of sp³-hybridized carbons (Fsp3) is 0.409. The number of amides is 1. The molecule has 2 N–H and O–H groups in total. The zero-order valence-corrected chi connectivity index (χ0v) is 17.9. The number of anilines is 1. The summed E-state index contributed by atoms with van der Waals surface area (Å²) in [5.74, 6) is 1.09. The Kier molecular flexibility index (Phi) is 4.63. The summed E-state index contributed by atoms with van der Waals surface area (Å²) in [6, 6.07) is 7.95. The average Bonchev–Trinajstić information content (AvgIpc) is 3.33. The molecule has 30 heavy (non-hydrogen) atoms. The number of carbonyl (C=O) groups excluding carboxylic acids is 1. The smallest absolute Gasteiger partial charge is 0.259 e. The van der Waals surface area contributed by atoms with E-state index in [1.807, 2.05) is 24.0 Å². The number of nitrogens with zero attached hydrogens (tertiary/aromatic N) is 3. The first-order chi connectivity index (χ1) is 14.5. The standard InChI is InChI=1S/C22H24N4O3S/c1-13-19(14(2)29-25-13)21(27)26-9-7-22(8-10-26)20-15(6-11-28-22)12-17(30-20)16-4-3-5-18(23)24-16/h3-5,12H,6-11H2,1-2H3,(H2,23,24). The van der Waals surface area contributed by atoms with Crippen LogP contribution in [0, 0.1) is 13.8 Å². The second kappa shape index (κ2) is 7.21. The summed E-state index contributed by atoms with van der Waals surface area (Å²) in [5.41, 5.74) is 9.01. The van der Waals surface area contributed by atoms with Crippen LogP contribution >= 0.6 is 11.3 Å². The van der Waals surface area contributed by atoms with Crippen LogP contribution in [0.1, 0.15) is 45.1 Å². The number of likely N-dealkylation sites (tertiary alicyclic amines) is 1. The van der Waals surface area contributed by atoms with Crippen LogP contribution in [0.3, 0.4) is 0 Å². The third-order valence-corrected chi connectivity index (χ3v) is 7.49. The van der Waals surface area contributed by atoms with Crippen molar-refractivity contribution in [3.05, 3.63) is 51.7 Å². The van der Waals surface area contributed by atoms with Gasteiger partial charge in [-0.2, -0.15) is 0 Å². The third-order valence-electron chi connectivity index (χ3n) is 6.10. The van der Waals surface area contributed by atoms with Crippen molar-refractivity contribution in [3.63, 3.8) is 0 Å². The molecule has 0 atom stereocenters. The van der Waals surface area contributed by atoms with E-state index in [1.165, 1.54) is 10.4 Å². The summed E-state index contributed by atoms with van der Waals surface area (Å²) in [7, 11) is 0. The van der Waals surface area contributed by atoms with E-state index in [2.05, 4.69) is 16.2 Å². The number of rotatable bonds is 2. The molecule has 1 spiro atoms. The van der Waals surface area contributed by atoms with Crippen molar-refractivity contribution in [1.29, 1.82) is 0 Å². The summed E-state index contributed by atoms with van der Waals surface area (Å²) in [6.45, 7) is 5.58. The summed E-state index contributed by atoms with van der Waals surface area (Å²) < 4.78 is 11.5. The Balaban J connectivity index is 1.40. The number of aromatic nitrogens is 2. The Hall–Kier alpha value is -2.71. The van der Waals surface area contributed by atoms with E-state index in [9.17, 15) is 4.79 Å². The first-order valence-electron chi connectivity index (χ1n) is 10.2. The number of thiophene rings is 1. The highest BCUT2D eigenvalue weighted by atomic mass is 32.1. The van der Waals surface area contributed by atoms with E-state index < -0.39 is 0 Å². The van der Waals surface area contributed by atoms with Gasteiger partial charge in [0, 0.05) is 18.0 Å². The predicted molar refractivity (Wildman–Crippen MR) is 114 cm³/mol. The summed E-state index contributed by atoms with van der Waals surface area (Å²) >= 11 is 1.74. The Labute approximate surface area is 178 Å². The molecule has 0 aromatic carbocycles. The van der Waals surface area contributed by atoms with E-state index in [0.717, 1.165) is 29.8 Å². The van der Waals surface area contributed by atoms with Gasteiger partial charge in [-0.05, 0) is 56.9 Å². The molecule has 5 rings (SSSR count). The molecule has 156 valence electrons. The Bertz CT molecular complexity index is 1090. The number of carbonyl (C=O) groups is 1. The lowest BCUT2D eigenvalue weighted by Gasteiger charge is -2.43. The number of aryl methyl sites for hydroxylation is 2. The topological polar surface area (TPSA) is 94.5 Å². The molecule has 0 unspecified atom stereocenters. The molecule has 1 saturated heterocycles. The van der Waals surface area contributed by atoms with E-state index in [4.69, 9.17) is 15.0 Å². The zero-order valence-electron chi connectivity index (χ0n) is 17.1. The van der Waals surface area contributed by atoms with Crippen molar-refractivity contribution in [2.24, 2.45) is 0 Å². The van der Waals surface area contributed by atoms with Gasteiger partial charge >= 0.3 is 0 Å². The monoisotopic (exact) mass is 424 g/mol. The van der Waals surface area contributed by atoms with Crippen LogP contribution < -0.4 is 5.73 Å². The highest BCUT2D eigenvalue weighted by molar-refractivity contribution is 7.15. The van der Waals surface area contributed by atoms with Crippen molar-refractivity contribution in [3.8, 4) is 10.6 Å². The molecule has 0 saturated carbocycles. The number of pyridine rings is 1. The van der Waals surface area contributed by atoms with Gasteiger partial charge in [0.25, 0.3) is 5.91 Å². The molecule has 3 aromatic heterocycles. The van der Waals surface area contributed by atoms with Crippen LogP contribution in [0.2, 0.25) is 0 Å². The minimum Gasteiger partial charge on any atom is -0.384 e. The Morgan fingerprint density at radius 3 is 2.77 bits per heavy atom. The normalized spacial score (nSPS) is 17.9. The highest BCUT2D eigenvalue weighted by Crippen LogP contribution is 2.47. The third kappa shape index (κ3) is 3.11. The predicted octanol–water partition coefficient (Wildman–Crippen LogP) is 3.70. The van der Waals surface area contributed by atoms with E-state index >= 15 is 0 Å². The maximum absolute atomic E-state index is 13.0. The molecule has 2 aliphatic rings. The molecule has 3 aromatic rings. The maximum Gasteiger partial charge on any atom is 0.259 e. The number of hydrogen-bond acceptors (Lipinski definition) is 7. The lowest BCUT2D eigenvalue weighted by Crippen LogP contribution is -2.48. The first kappa shape index (κ1) is 19.3. The van der Waals surface area contributed by atoms with Gasteiger partial charge < -0.3 is 19.9 Å². The lowest BCUT2D eigenvalue weighted by atomic mass is 9.85. The Morgan fingerprint density at radius 2 is 2.07 bits per heavy atom. The molecule has 7 nitrogen and oxygen atoms in total. The largest absolute Gasteiger partial charge is 0.384 e. The Morgan fingerprint density at radius 1 is 1.27 bits per heavy atom. The van der Waals surface area contributed by atoms with Gasteiger partial charge in [0.15, 0.2) is 0 Å². The van der Waals surface area contributed by atoms with Crippen molar-refractivity contribution in [2.75, 3.05) is 25.4 Å². The molecule has 8 heteroatoms. The molecule has 0 radical (unpaired) electrons. The van der Waals surface area contributed by atoms with Crippen LogP contribution in [0.15, 0.2) is 28.8 Å². The molecular weight excluding hydrogens is 400 g/mol. The molecule has 0 bridgehead atoms. The van der Waals surface area contributed by atoms with Crippen LogP contribution in [0.25, 0.3) is 10.6 Å². The second-order valence-corrected chi connectivity index (χ2v) is 9.05. The molecular formula is C22H24N4O3S. The molecule has 1 amide bonds. The highest BCUT2D eigenvalue weighted by Gasteiger charge is 2.43. The van der Waals surface area contributed by atoms with Crippen LogP contribution in [0.4, 0.5) is 5.82 Å². The van der Waals surface area contributed by atoms with Gasteiger partial charge in [-0.25, -0.2) is 4.98 Å². The van der Waals surface area contributed by atoms with Crippen molar-refractivity contribution >= 4 is 23.1 Å². The summed E-state index contributed by atoms with van der Waals surface area (Å²) in [4.78, 5) is 21.8. The molecule has 5 heterocycles. The second-order valence-electron chi connectivity index (χ2n) is 8.00. The van der Waals surface area contributed by atoms with Crippen molar-refractivity contribution in [2.45, 2.75) is 38.7 Å². The van der Waals surface area contributed by atoms with Gasteiger partial charge in [0.2, 0.25) is 0 Å². The number of nitrogens with two attached hydrogens (primary N) is 1.